The summed E-state index contributed by atoms with van der Waals surface area (Å²) in [7, 11) is 1.58. The van der Waals surface area contributed by atoms with Gasteiger partial charge in [-0.05, 0) is 24.6 Å². The lowest BCUT2D eigenvalue weighted by molar-refractivity contribution is -0.0552. The van der Waals surface area contributed by atoms with Crippen LogP contribution in [0.25, 0.3) is 0 Å². The van der Waals surface area contributed by atoms with E-state index < -0.39 is 0 Å². The maximum Gasteiger partial charge on any atom is 0.258 e. The van der Waals surface area contributed by atoms with Gasteiger partial charge < -0.3 is 14.4 Å². The van der Waals surface area contributed by atoms with Gasteiger partial charge in [0.15, 0.2) is 0 Å². The van der Waals surface area contributed by atoms with Gasteiger partial charge in [0.25, 0.3) is 5.91 Å². The summed E-state index contributed by atoms with van der Waals surface area (Å²) in [6.07, 6.45) is -0.108. The Hall–Kier alpha value is -2.33. The molecule has 23 heavy (non-hydrogen) atoms. The van der Waals surface area contributed by atoms with Crippen molar-refractivity contribution in [2.75, 3.05) is 20.3 Å². The molecule has 1 aliphatic rings. The fourth-order valence-electron chi connectivity index (χ4n) is 3.06. The quantitative estimate of drug-likeness (QED) is 0.873. The molecular formula is C19H21NO3. The van der Waals surface area contributed by atoms with Gasteiger partial charge in [0.2, 0.25) is 0 Å². The maximum absolute atomic E-state index is 13.0. The van der Waals surface area contributed by atoms with Gasteiger partial charge in [0, 0.05) is 6.54 Å². The maximum atomic E-state index is 13.0. The van der Waals surface area contributed by atoms with E-state index in [0.717, 1.165) is 5.56 Å². The van der Waals surface area contributed by atoms with E-state index in [1.165, 1.54) is 0 Å². The van der Waals surface area contributed by atoms with Crippen molar-refractivity contribution >= 4 is 5.91 Å². The van der Waals surface area contributed by atoms with E-state index in [0.29, 0.717) is 24.5 Å². The molecule has 0 aliphatic carbocycles. The lowest BCUT2D eigenvalue weighted by Crippen LogP contribution is -2.48. The number of morpholine rings is 1. The van der Waals surface area contributed by atoms with Gasteiger partial charge in [-0.1, -0.05) is 42.5 Å². The average molecular weight is 311 g/mol. The molecule has 4 nitrogen and oxygen atoms in total. The Labute approximate surface area is 136 Å². The minimum absolute atomic E-state index is 0.0146. The number of carbonyl (C=O) groups excluding carboxylic acids is 1. The standard InChI is InChI=1S/C19H21NO3/c1-14-18(15-8-4-3-5-9-15)23-13-12-20(14)19(21)16-10-6-7-11-17(16)22-2/h3-11,14,18H,12-13H2,1-2H3. The second-order valence-corrected chi connectivity index (χ2v) is 5.64. The number of rotatable bonds is 3. The first-order valence-corrected chi connectivity index (χ1v) is 7.83. The molecule has 1 saturated heterocycles. The zero-order valence-corrected chi connectivity index (χ0v) is 13.4. The summed E-state index contributed by atoms with van der Waals surface area (Å²) in [5.74, 6) is 0.589. The lowest BCUT2D eigenvalue weighted by atomic mass is 9.99. The molecule has 1 heterocycles. The summed E-state index contributed by atoms with van der Waals surface area (Å²) in [6, 6.07) is 17.3. The highest BCUT2D eigenvalue weighted by molar-refractivity contribution is 5.97. The summed E-state index contributed by atoms with van der Waals surface area (Å²) in [5.41, 5.74) is 1.69. The number of hydrogen-bond donors (Lipinski definition) is 0. The largest absolute Gasteiger partial charge is 0.496 e. The summed E-state index contributed by atoms with van der Waals surface area (Å²) in [5, 5.41) is 0. The van der Waals surface area contributed by atoms with Crippen molar-refractivity contribution in [3.05, 3.63) is 65.7 Å². The first-order chi connectivity index (χ1) is 11.2. The SMILES string of the molecule is COc1ccccc1C(=O)N1CCOC(c2ccccc2)C1C. The van der Waals surface area contributed by atoms with Gasteiger partial charge in [-0.2, -0.15) is 0 Å². The summed E-state index contributed by atoms with van der Waals surface area (Å²) >= 11 is 0. The van der Waals surface area contributed by atoms with E-state index >= 15 is 0 Å². The molecule has 0 bridgehead atoms. The van der Waals surface area contributed by atoms with E-state index in [2.05, 4.69) is 0 Å². The van der Waals surface area contributed by atoms with E-state index in [1.807, 2.05) is 60.4 Å². The Kier molecular flexibility index (Phi) is 4.63. The molecule has 120 valence electrons. The average Bonchev–Trinajstić information content (AvgIpc) is 2.62. The van der Waals surface area contributed by atoms with Crippen molar-refractivity contribution < 1.29 is 14.3 Å². The van der Waals surface area contributed by atoms with Crippen molar-refractivity contribution in [3.63, 3.8) is 0 Å². The van der Waals surface area contributed by atoms with Crippen LogP contribution in [-0.4, -0.2) is 37.1 Å². The van der Waals surface area contributed by atoms with E-state index in [4.69, 9.17) is 9.47 Å². The molecular weight excluding hydrogens is 290 g/mol. The van der Waals surface area contributed by atoms with Crippen LogP contribution in [-0.2, 0) is 4.74 Å². The van der Waals surface area contributed by atoms with Gasteiger partial charge in [0.1, 0.15) is 11.9 Å². The highest BCUT2D eigenvalue weighted by atomic mass is 16.5. The molecule has 0 aromatic heterocycles. The fourth-order valence-corrected chi connectivity index (χ4v) is 3.06. The number of benzene rings is 2. The fraction of sp³-hybridized carbons (Fsp3) is 0.316. The zero-order valence-electron chi connectivity index (χ0n) is 13.4. The van der Waals surface area contributed by atoms with Crippen LogP contribution in [0.2, 0.25) is 0 Å². The van der Waals surface area contributed by atoms with Crippen LogP contribution in [0.1, 0.15) is 28.9 Å². The molecule has 2 aromatic carbocycles. The Balaban J connectivity index is 1.86. The lowest BCUT2D eigenvalue weighted by Gasteiger charge is -2.39. The first-order valence-electron chi connectivity index (χ1n) is 7.83. The molecule has 3 rings (SSSR count). The van der Waals surface area contributed by atoms with Crippen molar-refractivity contribution in [2.24, 2.45) is 0 Å². The van der Waals surface area contributed by atoms with Crippen LogP contribution in [0.4, 0.5) is 0 Å². The number of carbonyl (C=O) groups is 1. The number of nitrogens with zero attached hydrogens (tertiary/aromatic N) is 1. The van der Waals surface area contributed by atoms with E-state index in [-0.39, 0.29) is 18.1 Å². The van der Waals surface area contributed by atoms with Crippen molar-refractivity contribution in [1.82, 2.24) is 4.90 Å². The van der Waals surface area contributed by atoms with Crippen molar-refractivity contribution in [3.8, 4) is 5.75 Å². The molecule has 0 N–H and O–H groups in total. The molecule has 2 unspecified atom stereocenters. The molecule has 1 fully saturated rings. The summed E-state index contributed by atoms with van der Waals surface area (Å²) in [4.78, 5) is 14.8. The Morgan fingerprint density at radius 1 is 1.13 bits per heavy atom. The molecule has 1 amide bonds. The third-order valence-corrected chi connectivity index (χ3v) is 4.29. The third-order valence-electron chi connectivity index (χ3n) is 4.29. The topological polar surface area (TPSA) is 38.8 Å². The predicted molar refractivity (Wildman–Crippen MR) is 88.6 cm³/mol. The second-order valence-electron chi connectivity index (χ2n) is 5.64. The highest BCUT2D eigenvalue weighted by Gasteiger charge is 2.34. The monoisotopic (exact) mass is 311 g/mol. The first kappa shape index (κ1) is 15.6. The van der Waals surface area contributed by atoms with Crippen LogP contribution in [0.15, 0.2) is 54.6 Å². The Morgan fingerprint density at radius 3 is 2.57 bits per heavy atom. The molecule has 0 spiro atoms. The molecule has 4 heteroatoms. The van der Waals surface area contributed by atoms with Gasteiger partial charge in [-0.15, -0.1) is 0 Å². The van der Waals surface area contributed by atoms with Crippen LogP contribution in [0, 0.1) is 0 Å². The number of hydrogen-bond acceptors (Lipinski definition) is 3. The molecule has 1 aliphatic heterocycles. The van der Waals surface area contributed by atoms with Crippen LogP contribution in [0.3, 0.4) is 0 Å². The normalized spacial score (nSPS) is 21.0. The summed E-state index contributed by atoms with van der Waals surface area (Å²) < 4.78 is 11.2. The smallest absolute Gasteiger partial charge is 0.258 e. The third kappa shape index (κ3) is 3.08. The highest BCUT2D eigenvalue weighted by Crippen LogP contribution is 2.30. The molecule has 0 radical (unpaired) electrons. The van der Waals surface area contributed by atoms with E-state index in [9.17, 15) is 4.79 Å². The van der Waals surface area contributed by atoms with Gasteiger partial charge >= 0.3 is 0 Å². The minimum atomic E-state index is -0.108. The number of ether oxygens (including phenoxy) is 2. The Bertz CT molecular complexity index is 671. The molecule has 0 saturated carbocycles. The van der Waals surface area contributed by atoms with E-state index in [1.54, 1.807) is 13.2 Å². The zero-order chi connectivity index (χ0) is 16.2. The van der Waals surface area contributed by atoms with Crippen LogP contribution < -0.4 is 4.74 Å². The molecule has 2 aromatic rings. The number of amides is 1. The second kappa shape index (κ2) is 6.84. The van der Waals surface area contributed by atoms with Crippen LogP contribution >= 0.6 is 0 Å². The predicted octanol–water partition coefficient (Wildman–Crippen LogP) is 3.30. The van der Waals surface area contributed by atoms with Crippen molar-refractivity contribution in [2.45, 2.75) is 19.1 Å². The van der Waals surface area contributed by atoms with Gasteiger partial charge in [-0.25, -0.2) is 0 Å². The minimum Gasteiger partial charge on any atom is -0.496 e. The van der Waals surface area contributed by atoms with Gasteiger partial charge in [0.05, 0.1) is 25.3 Å². The summed E-state index contributed by atoms with van der Waals surface area (Å²) in [6.45, 7) is 3.15. The van der Waals surface area contributed by atoms with Crippen molar-refractivity contribution in [1.29, 1.82) is 0 Å². The molecule has 2 atom stereocenters. The van der Waals surface area contributed by atoms with Crippen LogP contribution in [0.5, 0.6) is 5.75 Å². The van der Waals surface area contributed by atoms with Gasteiger partial charge in [-0.3, -0.25) is 4.79 Å². The Morgan fingerprint density at radius 2 is 1.83 bits per heavy atom. The number of methoxy groups -OCH3 is 1. The number of para-hydroxylation sites is 1.